The molecular weight excluding hydrogens is 901 g/mol. The summed E-state index contributed by atoms with van der Waals surface area (Å²) in [6.45, 7) is 6.43. The van der Waals surface area contributed by atoms with E-state index in [4.69, 9.17) is 14.2 Å². The summed E-state index contributed by atoms with van der Waals surface area (Å²) in [4.78, 5) is 38.2. The summed E-state index contributed by atoms with van der Waals surface area (Å²) in [6, 6.07) is 0. The van der Waals surface area contributed by atoms with Crippen molar-refractivity contribution in [3.63, 3.8) is 0 Å². The van der Waals surface area contributed by atoms with Crippen molar-refractivity contribution in [2.75, 3.05) is 13.2 Å². The number of esters is 3. The fourth-order valence-electron chi connectivity index (χ4n) is 8.80. The van der Waals surface area contributed by atoms with Gasteiger partial charge in [-0.1, -0.05) is 279 Å². The van der Waals surface area contributed by atoms with Crippen LogP contribution in [0.1, 0.15) is 303 Å². The summed E-state index contributed by atoms with van der Waals surface area (Å²) in [5.41, 5.74) is 0. The second-order valence-electron chi connectivity index (χ2n) is 20.6. The molecule has 0 fully saturated rings. The van der Waals surface area contributed by atoms with E-state index in [1.807, 2.05) is 0 Å². The summed E-state index contributed by atoms with van der Waals surface area (Å²) >= 11 is 0. The molecule has 6 nitrogen and oxygen atoms in total. The maximum absolute atomic E-state index is 12.9. The van der Waals surface area contributed by atoms with Crippen LogP contribution in [0.25, 0.3) is 0 Å². The van der Waals surface area contributed by atoms with Crippen molar-refractivity contribution >= 4 is 17.9 Å². The van der Waals surface area contributed by atoms with E-state index in [2.05, 4.69) is 106 Å². The number of unbranched alkanes of at least 4 members (excludes halogenated alkanes) is 31. The highest BCUT2D eigenvalue weighted by Gasteiger charge is 2.19. The van der Waals surface area contributed by atoms with Crippen molar-refractivity contribution in [2.45, 2.75) is 309 Å². The van der Waals surface area contributed by atoms with Gasteiger partial charge in [0.25, 0.3) is 0 Å². The van der Waals surface area contributed by atoms with E-state index in [-0.39, 0.29) is 31.1 Å². The van der Waals surface area contributed by atoms with Gasteiger partial charge < -0.3 is 14.2 Å². The van der Waals surface area contributed by atoms with E-state index >= 15 is 0 Å². The standard InChI is InChI=1S/C67H116O6/c1-4-7-10-13-16-19-22-24-26-28-29-30-31-32-33-34-35-36-37-39-40-42-45-48-51-54-57-60-66(69)72-63-64(62-71-65(68)59-56-53-50-47-44-21-18-15-12-9-6-3)73-67(70)61-58-55-52-49-46-43-41-38-27-25-23-20-17-14-11-8-5-2/h7-8,10-11,16-17,19-20,24-27,29-30,64H,4-6,9,12-15,18,21-23,28,31-63H2,1-3H3/b10-7-,11-8-,19-16-,20-17-,26-24-,27-25-,30-29-. The zero-order valence-corrected chi connectivity index (χ0v) is 48.1. The first-order valence-corrected chi connectivity index (χ1v) is 31.1. The number of ether oxygens (including phenoxy) is 3. The largest absolute Gasteiger partial charge is 0.462 e. The zero-order chi connectivity index (χ0) is 52.9. The van der Waals surface area contributed by atoms with Gasteiger partial charge in [0.05, 0.1) is 0 Å². The predicted octanol–water partition coefficient (Wildman–Crippen LogP) is 21.1. The average Bonchev–Trinajstić information content (AvgIpc) is 3.39. The Morgan fingerprint density at radius 2 is 0.534 bits per heavy atom. The van der Waals surface area contributed by atoms with Crippen LogP contribution in [0.3, 0.4) is 0 Å². The molecule has 420 valence electrons. The maximum atomic E-state index is 12.9. The van der Waals surface area contributed by atoms with E-state index in [9.17, 15) is 14.4 Å². The predicted molar refractivity (Wildman–Crippen MR) is 316 cm³/mol. The molecule has 0 aliphatic heterocycles. The number of carbonyl (C=O) groups is 3. The quantitative estimate of drug-likeness (QED) is 0.0261. The van der Waals surface area contributed by atoms with Crippen molar-refractivity contribution in [3.05, 3.63) is 85.1 Å². The molecule has 0 rings (SSSR count). The van der Waals surface area contributed by atoms with E-state index in [0.29, 0.717) is 19.3 Å². The molecule has 1 unspecified atom stereocenters. The van der Waals surface area contributed by atoms with Gasteiger partial charge in [0.2, 0.25) is 0 Å². The first-order valence-electron chi connectivity index (χ1n) is 31.1. The van der Waals surface area contributed by atoms with Crippen LogP contribution in [0.15, 0.2) is 85.1 Å². The molecule has 0 saturated carbocycles. The molecule has 0 saturated heterocycles. The van der Waals surface area contributed by atoms with Gasteiger partial charge >= 0.3 is 17.9 Å². The fourth-order valence-corrected chi connectivity index (χ4v) is 8.80. The molecule has 0 bridgehead atoms. The molecule has 0 aliphatic carbocycles. The third-order valence-corrected chi connectivity index (χ3v) is 13.4. The van der Waals surface area contributed by atoms with Crippen LogP contribution in [-0.2, 0) is 28.6 Å². The summed E-state index contributed by atoms with van der Waals surface area (Å²) in [5, 5.41) is 0. The van der Waals surface area contributed by atoms with Crippen molar-refractivity contribution in [1.82, 2.24) is 0 Å². The Kier molecular flexibility index (Phi) is 58.3. The van der Waals surface area contributed by atoms with Crippen LogP contribution < -0.4 is 0 Å². The summed E-state index contributed by atoms with van der Waals surface area (Å²) in [7, 11) is 0. The number of rotatable bonds is 56. The van der Waals surface area contributed by atoms with Crippen molar-refractivity contribution in [1.29, 1.82) is 0 Å². The highest BCUT2D eigenvalue weighted by molar-refractivity contribution is 5.71. The number of allylic oxidation sites excluding steroid dienone is 14. The lowest BCUT2D eigenvalue weighted by atomic mass is 10.0. The molecule has 0 aromatic carbocycles. The normalized spacial score (nSPS) is 12.6. The lowest BCUT2D eigenvalue weighted by Crippen LogP contribution is -2.30. The topological polar surface area (TPSA) is 78.9 Å². The third-order valence-electron chi connectivity index (χ3n) is 13.4. The molecule has 0 aliphatic rings. The Labute approximate surface area is 452 Å². The van der Waals surface area contributed by atoms with Gasteiger partial charge in [0.1, 0.15) is 13.2 Å². The Morgan fingerprint density at radius 1 is 0.288 bits per heavy atom. The van der Waals surface area contributed by atoms with Crippen LogP contribution >= 0.6 is 0 Å². The lowest BCUT2D eigenvalue weighted by Gasteiger charge is -2.18. The fraction of sp³-hybridized carbons (Fsp3) is 0.746. The van der Waals surface area contributed by atoms with E-state index in [0.717, 1.165) is 109 Å². The van der Waals surface area contributed by atoms with Crippen molar-refractivity contribution in [3.8, 4) is 0 Å². The second-order valence-corrected chi connectivity index (χ2v) is 20.6. The minimum Gasteiger partial charge on any atom is -0.462 e. The van der Waals surface area contributed by atoms with Gasteiger partial charge in [-0.3, -0.25) is 14.4 Å². The molecule has 0 radical (unpaired) electrons. The highest BCUT2D eigenvalue weighted by Crippen LogP contribution is 2.17. The molecule has 6 heteroatoms. The van der Waals surface area contributed by atoms with Crippen molar-refractivity contribution in [2.24, 2.45) is 0 Å². The van der Waals surface area contributed by atoms with Crippen LogP contribution in [0.2, 0.25) is 0 Å². The molecule has 0 aromatic rings. The smallest absolute Gasteiger partial charge is 0.306 e. The Balaban J connectivity index is 4.23. The molecule has 1 atom stereocenters. The maximum Gasteiger partial charge on any atom is 0.306 e. The van der Waals surface area contributed by atoms with E-state index in [1.165, 1.54) is 154 Å². The van der Waals surface area contributed by atoms with Gasteiger partial charge in [-0.2, -0.15) is 0 Å². The van der Waals surface area contributed by atoms with Crippen LogP contribution in [-0.4, -0.2) is 37.2 Å². The first-order chi connectivity index (χ1) is 36.0. The summed E-state index contributed by atoms with van der Waals surface area (Å²) < 4.78 is 16.9. The van der Waals surface area contributed by atoms with Gasteiger partial charge in [-0.05, 0) is 89.9 Å². The zero-order valence-electron chi connectivity index (χ0n) is 48.1. The average molecular weight is 1020 g/mol. The van der Waals surface area contributed by atoms with E-state index < -0.39 is 6.10 Å². The summed E-state index contributed by atoms with van der Waals surface area (Å²) in [5.74, 6) is -0.877. The van der Waals surface area contributed by atoms with Gasteiger partial charge in [0, 0.05) is 19.3 Å². The minimum atomic E-state index is -0.780. The molecule has 0 N–H and O–H groups in total. The van der Waals surface area contributed by atoms with Gasteiger partial charge in [-0.25, -0.2) is 0 Å². The lowest BCUT2D eigenvalue weighted by molar-refractivity contribution is -0.167. The Bertz CT molecular complexity index is 1400. The second kappa shape index (κ2) is 61.1. The van der Waals surface area contributed by atoms with Crippen LogP contribution in [0.4, 0.5) is 0 Å². The molecule has 0 spiro atoms. The van der Waals surface area contributed by atoms with Gasteiger partial charge in [-0.15, -0.1) is 0 Å². The highest BCUT2D eigenvalue weighted by atomic mass is 16.6. The molecular formula is C67H116O6. The Hall–Kier alpha value is -3.41. The Morgan fingerprint density at radius 3 is 0.836 bits per heavy atom. The molecule has 0 amide bonds. The van der Waals surface area contributed by atoms with Crippen LogP contribution in [0, 0.1) is 0 Å². The summed E-state index contributed by atoms with van der Waals surface area (Å²) in [6.07, 6.45) is 80.2. The number of hydrogen-bond donors (Lipinski definition) is 0. The van der Waals surface area contributed by atoms with Crippen molar-refractivity contribution < 1.29 is 28.6 Å². The molecule has 73 heavy (non-hydrogen) atoms. The number of carbonyl (C=O) groups excluding carboxylic acids is 3. The molecule has 0 heterocycles. The first kappa shape index (κ1) is 69.6. The van der Waals surface area contributed by atoms with E-state index in [1.54, 1.807) is 0 Å². The van der Waals surface area contributed by atoms with Gasteiger partial charge in [0.15, 0.2) is 6.10 Å². The molecule has 0 aromatic heterocycles. The minimum absolute atomic E-state index is 0.0772. The monoisotopic (exact) mass is 1020 g/mol. The SMILES string of the molecule is CC/C=C\C/C=C\C/C=C\C/C=C\CCCCCCCCCCCCCCCCC(=O)OCC(COC(=O)CCCCCCCCCCCCC)OC(=O)CCCCCCCCC/C=C\C/C=C\C/C=C\CC. The van der Waals surface area contributed by atoms with Crippen LogP contribution in [0.5, 0.6) is 0 Å². The third kappa shape index (κ3) is 59.3. The number of hydrogen-bond acceptors (Lipinski definition) is 6.